The molecule has 5 heteroatoms. The first-order valence-electron chi connectivity index (χ1n) is 5.76. The molecule has 0 aliphatic carbocycles. The van der Waals surface area contributed by atoms with Crippen LogP contribution in [0, 0.1) is 5.92 Å². The monoisotopic (exact) mass is 228 g/mol. The summed E-state index contributed by atoms with van der Waals surface area (Å²) in [6.07, 6.45) is 1.74. The zero-order valence-electron chi connectivity index (χ0n) is 9.94. The van der Waals surface area contributed by atoms with Gasteiger partial charge in [0.1, 0.15) is 0 Å². The van der Waals surface area contributed by atoms with Crippen molar-refractivity contribution in [3.8, 4) is 0 Å². The number of piperidine rings is 1. The molecule has 2 N–H and O–H groups in total. The number of carbonyl (C=O) groups is 2. The number of esters is 1. The standard InChI is InChI=1S/C11H20N2O3/c1-3-16-11(15)9-5-4-6-13(7-9)8(2)10(12)14/h8-9H,3-7H2,1-2H3,(H2,12,14)/t8?,9-/m1/s1. The average molecular weight is 228 g/mol. The van der Waals surface area contributed by atoms with Crippen LogP contribution >= 0.6 is 0 Å². The maximum Gasteiger partial charge on any atom is 0.310 e. The summed E-state index contributed by atoms with van der Waals surface area (Å²) >= 11 is 0. The number of amides is 1. The predicted octanol–water partition coefficient (Wildman–Crippen LogP) is 0.135. The zero-order chi connectivity index (χ0) is 12.1. The van der Waals surface area contributed by atoms with Gasteiger partial charge < -0.3 is 10.5 Å². The molecule has 2 atom stereocenters. The van der Waals surface area contributed by atoms with E-state index >= 15 is 0 Å². The van der Waals surface area contributed by atoms with Crippen LogP contribution in [0.2, 0.25) is 0 Å². The normalized spacial score (nSPS) is 23.8. The van der Waals surface area contributed by atoms with Crippen LogP contribution in [0.1, 0.15) is 26.7 Å². The third kappa shape index (κ3) is 3.20. The van der Waals surface area contributed by atoms with Gasteiger partial charge in [-0.3, -0.25) is 14.5 Å². The predicted molar refractivity (Wildman–Crippen MR) is 59.6 cm³/mol. The van der Waals surface area contributed by atoms with Gasteiger partial charge in [0, 0.05) is 6.54 Å². The van der Waals surface area contributed by atoms with E-state index in [9.17, 15) is 9.59 Å². The minimum absolute atomic E-state index is 0.115. The van der Waals surface area contributed by atoms with Crippen LogP contribution in [0.3, 0.4) is 0 Å². The second-order valence-corrected chi connectivity index (χ2v) is 4.16. The highest BCUT2D eigenvalue weighted by molar-refractivity contribution is 5.79. The number of hydrogen-bond acceptors (Lipinski definition) is 4. The van der Waals surface area contributed by atoms with Crippen LogP contribution in [0.15, 0.2) is 0 Å². The van der Waals surface area contributed by atoms with Crippen molar-refractivity contribution in [3.63, 3.8) is 0 Å². The first-order valence-corrected chi connectivity index (χ1v) is 5.76. The van der Waals surface area contributed by atoms with Gasteiger partial charge >= 0.3 is 5.97 Å². The largest absolute Gasteiger partial charge is 0.466 e. The lowest BCUT2D eigenvalue weighted by atomic mass is 9.97. The van der Waals surface area contributed by atoms with Crippen molar-refractivity contribution in [1.82, 2.24) is 4.90 Å². The van der Waals surface area contributed by atoms with Gasteiger partial charge in [-0.05, 0) is 33.2 Å². The molecule has 1 unspecified atom stereocenters. The molecule has 1 aliphatic rings. The Hall–Kier alpha value is -1.10. The summed E-state index contributed by atoms with van der Waals surface area (Å²) < 4.78 is 4.99. The van der Waals surface area contributed by atoms with Gasteiger partial charge in [-0.2, -0.15) is 0 Å². The average Bonchev–Trinajstić information content (AvgIpc) is 2.28. The van der Waals surface area contributed by atoms with Crippen molar-refractivity contribution in [3.05, 3.63) is 0 Å². The highest BCUT2D eigenvalue weighted by Gasteiger charge is 2.30. The Bertz CT molecular complexity index is 268. The Balaban J connectivity index is 2.53. The van der Waals surface area contributed by atoms with Crippen molar-refractivity contribution >= 4 is 11.9 Å². The van der Waals surface area contributed by atoms with E-state index in [0.29, 0.717) is 13.2 Å². The van der Waals surface area contributed by atoms with Gasteiger partial charge in [-0.25, -0.2) is 0 Å². The summed E-state index contributed by atoms with van der Waals surface area (Å²) in [4.78, 5) is 24.6. The van der Waals surface area contributed by atoms with Gasteiger partial charge in [-0.1, -0.05) is 0 Å². The van der Waals surface area contributed by atoms with E-state index in [-0.39, 0.29) is 23.8 Å². The van der Waals surface area contributed by atoms with E-state index in [1.807, 2.05) is 4.90 Å². The van der Waals surface area contributed by atoms with Crippen molar-refractivity contribution < 1.29 is 14.3 Å². The molecule has 0 spiro atoms. The van der Waals surface area contributed by atoms with E-state index in [1.165, 1.54) is 0 Å². The molecule has 0 saturated carbocycles. The fourth-order valence-corrected chi connectivity index (χ4v) is 1.99. The number of hydrogen-bond donors (Lipinski definition) is 1. The molecule has 1 amide bonds. The number of nitrogens with zero attached hydrogens (tertiary/aromatic N) is 1. The Morgan fingerprint density at radius 3 is 2.81 bits per heavy atom. The second kappa shape index (κ2) is 5.84. The SMILES string of the molecule is CCOC(=O)[C@@H]1CCCN(C(C)C(N)=O)C1. The number of nitrogens with two attached hydrogens (primary N) is 1. The van der Waals surface area contributed by atoms with E-state index in [4.69, 9.17) is 10.5 Å². The summed E-state index contributed by atoms with van der Waals surface area (Å²) in [7, 11) is 0. The summed E-state index contributed by atoms with van der Waals surface area (Å²) in [5.41, 5.74) is 5.25. The Morgan fingerprint density at radius 1 is 1.56 bits per heavy atom. The Morgan fingerprint density at radius 2 is 2.25 bits per heavy atom. The number of likely N-dealkylation sites (tertiary alicyclic amines) is 1. The maximum atomic E-state index is 11.6. The number of carbonyl (C=O) groups excluding carboxylic acids is 2. The van der Waals surface area contributed by atoms with Crippen molar-refractivity contribution in [1.29, 1.82) is 0 Å². The topological polar surface area (TPSA) is 72.6 Å². The molecule has 1 fully saturated rings. The quantitative estimate of drug-likeness (QED) is 0.694. The molecule has 1 saturated heterocycles. The molecule has 0 aromatic carbocycles. The number of rotatable bonds is 4. The van der Waals surface area contributed by atoms with Gasteiger partial charge in [0.2, 0.25) is 5.91 Å². The van der Waals surface area contributed by atoms with Crippen LogP contribution in [-0.2, 0) is 14.3 Å². The summed E-state index contributed by atoms with van der Waals surface area (Å²) in [6.45, 7) is 5.37. The molecule has 1 heterocycles. The lowest BCUT2D eigenvalue weighted by Crippen LogP contribution is -2.49. The molecule has 0 radical (unpaired) electrons. The molecule has 5 nitrogen and oxygen atoms in total. The first-order chi connectivity index (χ1) is 7.56. The molecule has 92 valence electrons. The van der Waals surface area contributed by atoms with Gasteiger partial charge in [-0.15, -0.1) is 0 Å². The smallest absolute Gasteiger partial charge is 0.310 e. The minimum atomic E-state index is -0.343. The Labute approximate surface area is 95.9 Å². The lowest BCUT2D eigenvalue weighted by Gasteiger charge is -2.34. The van der Waals surface area contributed by atoms with E-state index in [2.05, 4.69) is 0 Å². The highest BCUT2D eigenvalue weighted by Crippen LogP contribution is 2.19. The van der Waals surface area contributed by atoms with Crippen molar-refractivity contribution in [2.24, 2.45) is 11.7 Å². The molecule has 16 heavy (non-hydrogen) atoms. The van der Waals surface area contributed by atoms with E-state index < -0.39 is 0 Å². The number of ether oxygens (including phenoxy) is 1. The van der Waals surface area contributed by atoms with Gasteiger partial charge in [0.25, 0.3) is 0 Å². The molecule has 0 bridgehead atoms. The van der Waals surface area contributed by atoms with Crippen LogP contribution < -0.4 is 5.73 Å². The molecule has 1 rings (SSSR count). The van der Waals surface area contributed by atoms with E-state index in [1.54, 1.807) is 13.8 Å². The summed E-state index contributed by atoms with van der Waals surface area (Å²) in [5, 5.41) is 0. The molecule has 0 aromatic heterocycles. The third-order valence-corrected chi connectivity index (χ3v) is 3.03. The lowest BCUT2D eigenvalue weighted by molar-refractivity contribution is -0.150. The molecular formula is C11H20N2O3. The van der Waals surface area contributed by atoms with Crippen LogP contribution in [-0.4, -0.2) is 42.5 Å². The van der Waals surface area contributed by atoms with Crippen LogP contribution in [0.5, 0.6) is 0 Å². The minimum Gasteiger partial charge on any atom is -0.466 e. The Kier molecular flexibility index (Phi) is 4.73. The van der Waals surface area contributed by atoms with Crippen molar-refractivity contribution in [2.75, 3.05) is 19.7 Å². The van der Waals surface area contributed by atoms with Crippen molar-refractivity contribution in [2.45, 2.75) is 32.7 Å². The highest BCUT2D eigenvalue weighted by atomic mass is 16.5. The first kappa shape index (κ1) is 13.0. The fraction of sp³-hybridized carbons (Fsp3) is 0.818. The zero-order valence-corrected chi connectivity index (χ0v) is 9.94. The fourth-order valence-electron chi connectivity index (χ4n) is 1.99. The van der Waals surface area contributed by atoms with E-state index in [0.717, 1.165) is 19.4 Å². The third-order valence-electron chi connectivity index (χ3n) is 3.03. The van der Waals surface area contributed by atoms with Gasteiger partial charge in [0.15, 0.2) is 0 Å². The molecule has 1 aliphatic heterocycles. The summed E-state index contributed by atoms with van der Waals surface area (Å²) in [5.74, 6) is -0.621. The second-order valence-electron chi connectivity index (χ2n) is 4.16. The number of primary amides is 1. The van der Waals surface area contributed by atoms with Crippen LogP contribution in [0.4, 0.5) is 0 Å². The van der Waals surface area contributed by atoms with Gasteiger partial charge in [0.05, 0.1) is 18.6 Å². The molecular weight excluding hydrogens is 208 g/mol. The maximum absolute atomic E-state index is 11.6. The summed E-state index contributed by atoms with van der Waals surface area (Å²) in [6, 6.07) is -0.308. The molecule has 0 aromatic rings. The van der Waals surface area contributed by atoms with Crippen LogP contribution in [0.25, 0.3) is 0 Å².